The number of carboxylic acids is 4. The van der Waals surface area contributed by atoms with E-state index in [0.717, 1.165) is 32.1 Å². The van der Waals surface area contributed by atoms with Gasteiger partial charge >= 0.3 is 23.9 Å². The van der Waals surface area contributed by atoms with Gasteiger partial charge in [0.1, 0.15) is 0 Å². The largest absolute Gasteiger partial charge is 0.481 e. The Morgan fingerprint density at radius 1 is 0.680 bits per heavy atom. The van der Waals surface area contributed by atoms with Gasteiger partial charge < -0.3 is 20.4 Å². The lowest BCUT2D eigenvalue weighted by Crippen LogP contribution is -2.25. The molecule has 0 aromatic carbocycles. The highest BCUT2D eigenvalue weighted by atomic mass is 16.4. The van der Waals surface area contributed by atoms with Crippen molar-refractivity contribution in [3.63, 3.8) is 0 Å². The van der Waals surface area contributed by atoms with Crippen molar-refractivity contribution in [1.82, 2.24) is 0 Å². The lowest BCUT2D eigenvalue weighted by Gasteiger charge is -2.21. The predicted molar refractivity (Wildman–Crippen MR) is 86.1 cm³/mol. The minimum absolute atomic E-state index is 0.0783. The molecular weight excluding hydrogens is 332 g/mol. The van der Waals surface area contributed by atoms with Crippen molar-refractivity contribution in [2.45, 2.75) is 57.8 Å². The molecule has 2 unspecified atom stereocenters. The molecule has 25 heavy (non-hydrogen) atoms. The van der Waals surface area contributed by atoms with E-state index in [1.807, 2.05) is 0 Å². The summed E-state index contributed by atoms with van der Waals surface area (Å²) in [5.41, 5.74) is 0. The summed E-state index contributed by atoms with van der Waals surface area (Å²) in [6.45, 7) is 0. The fraction of sp³-hybridized carbons (Fsp3) is 0.765. The zero-order chi connectivity index (χ0) is 19.0. The molecule has 0 spiro atoms. The third-order valence-corrected chi connectivity index (χ3v) is 5.06. The Morgan fingerprint density at radius 3 is 1.28 bits per heavy atom. The number of hydrogen-bond acceptors (Lipinski definition) is 4. The van der Waals surface area contributed by atoms with Crippen LogP contribution >= 0.6 is 0 Å². The first kappa shape index (κ1) is 20.9. The molecular formula is C17H26O8. The third kappa shape index (κ3) is 7.11. The maximum atomic E-state index is 11.0. The monoisotopic (exact) mass is 358 g/mol. The molecule has 0 saturated heterocycles. The smallest absolute Gasteiger partial charge is 0.317 e. The molecule has 1 saturated carbocycles. The molecule has 0 heterocycles. The molecule has 4 N–H and O–H groups in total. The number of carboxylic acid groups (broad SMARTS) is 4. The van der Waals surface area contributed by atoms with Crippen LogP contribution < -0.4 is 0 Å². The average Bonchev–Trinajstić information content (AvgIpc) is 2.71. The van der Waals surface area contributed by atoms with E-state index in [1.165, 1.54) is 0 Å². The van der Waals surface area contributed by atoms with Gasteiger partial charge in [-0.15, -0.1) is 0 Å². The molecule has 0 radical (unpaired) electrons. The second-order valence-electron chi connectivity index (χ2n) is 6.87. The first-order valence-corrected chi connectivity index (χ1v) is 8.63. The van der Waals surface area contributed by atoms with E-state index in [1.54, 1.807) is 0 Å². The molecule has 142 valence electrons. The van der Waals surface area contributed by atoms with Crippen LogP contribution in [-0.2, 0) is 19.2 Å². The molecule has 0 aliphatic heterocycles. The van der Waals surface area contributed by atoms with Gasteiger partial charge in [0.15, 0.2) is 11.8 Å². The van der Waals surface area contributed by atoms with E-state index >= 15 is 0 Å². The third-order valence-electron chi connectivity index (χ3n) is 5.06. The van der Waals surface area contributed by atoms with Crippen molar-refractivity contribution in [2.75, 3.05) is 0 Å². The molecule has 1 fully saturated rings. The van der Waals surface area contributed by atoms with Gasteiger partial charge in [-0.1, -0.05) is 25.7 Å². The second kappa shape index (κ2) is 10.0. The Bertz CT molecular complexity index is 429. The molecule has 8 nitrogen and oxygen atoms in total. The maximum Gasteiger partial charge on any atom is 0.317 e. The van der Waals surface area contributed by atoms with Crippen molar-refractivity contribution in [3.8, 4) is 0 Å². The summed E-state index contributed by atoms with van der Waals surface area (Å²) < 4.78 is 0. The normalized spacial score (nSPS) is 21.0. The van der Waals surface area contributed by atoms with Crippen LogP contribution in [0.1, 0.15) is 57.8 Å². The Balaban J connectivity index is 2.55. The van der Waals surface area contributed by atoms with Crippen LogP contribution in [0, 0.1) is 23.7 Å². The van der Waals surface area contributed by atoms with Gasteiger partial charge in [-0.3, -0.25) is 19.2 Å². The van der Waals surface area contributed by atoms with Gasteiger partial charge in [-0.25, -0.2) is 0 Å². The summed E-state index contributed by atoms with van der Waals surface area (Å²) in [5, 5.41) is 35.8. The average molecular weight is 358 g/mol. The maximum absolute atomic E-state index is 11.0. The van der Waals surface area contributed by atoms with E-state index in [4.69, 9.17) is 20.4 Å². The van der Waals surface area contributed by atoms with E-state index in [0.29, 0.717) is 12.8 Å². The molecule has 1 rings (SSSR count). The Kier molecular flexibility index (Phi) is 8.37. The van der Waals surface area contributed by atoms with Gasteiger partial charge in [-0.05, 0) is 43.9 Å². The SMILES string of the molecule is O=C(O)C(CCC1CCCCC(CCC(C(=O)O)C(=O)O)C1)C(=O)O. The topological polar surface area (TPSA) is 149 Å². The molecule has 8 heteroatoms. The molecule has 0 bridgehead atoms. The number of rotatable bonds is 10. The van der Waals surface area contributed by atoms with Crippen LogP contribution in [0.2, 0.25) is 0 Å². The van der Waals surface area contributed by atoms with Crippen molar-refractivity contribution < 1.29 is 39.6 Å². The number of carbonyl (C=O) groups is 4. The number of aliphatic carboxylic acids is 4. The fourth-order valence-corrected chi connectivity index (χ4v) is 3.61. The summed E-state index contributed by atoms with van der Waals surface area (Å²) in [6, 6.07) is 0. The molecule has 0 aromatic heterocycles. The second-order valence-corrected chi connectivity index (χ2v) is 6.87. The van der Waals surface area contributed by atoms with Crippen molar-refractivity contribution in [3.05, 3.63) is 0 Å². The van der Waals surface area contributed by atoms with Crippen molar-refractivity contribution in [2.24, 2.45) is 23.7 Å². The fourth-order valence-electron chi connectivity index (χ4n) is 3.61. The standard InChI is InChI=1S/C17H26O8/c18-14(19)12(15(20)21)7-5-10-3-1-2-4-11(9-10)6-8-13(16(22)23)17(24)25/h10-13H,1-9H2,(H,18,19)(H,20,21)(H,22,23)(H,24,25). The Hall–Kier alpha value is -2.12. The summed E-state index contributed by atoms with van der Waals surface area (Å²) in [6.07, 6.45) is 5.64. The van der Waals surface area contributed by atoms with E-state index in [9.17, 15) is 19.2 Å². The van der Waals surface area contributed by atoms with Gasteiger partial charge in [0.25, 0.3) is 0 Å². The molecule has 0 amide bonds. The van der Waals surface area contributed by atoms with Gasteiger partial charge in [0.05, 0.1) is 0 Å². The Morgan fingerprint density at radius 2 is 1.00 bits per heavy atom. The highest BCUT2D eigenvalue weighted by Gasteiger charge is 2.30. The summed E-state index contributed by atoms with van der Waals surface area (Å²) in [7, 11) is 0. The zero-order valence-electron chi connectivity index (χ0n) is 14.1. The molecule has 1 aliphatic rings. The van der Waals surface area contributed by atoms with Crippen LogP contribution in [0.15, 0.2) is 0 Å². The first-order chi connectivity index (χ1) is 11.7. The minimum atomic E-state index is -1.40. The zero-order valence-corrected chi connectivity index (χ0v) is 14.1. The van der Waals surface area contributed by atoms with Crippen LogP contribution in [0.5, 0.6) is 0 Å². The van der Waals surface area contributed by atoms with Gasteiger partial charge in [-0.2, -0.15) is 0 Å². The van der Waals surface area contributed by atoms with Crippen LogP contribution in [0.25, 0.3) is 0 Å². The minimum Gasteiger partial charge on any atom is -0.481 e. The predicted octanol–water partition coefficient (Wildman–Crippen LogP) is 2.31. The summed E-state index contributed by atoms with van der Waals surface area (Å²) in [4.78, 5) is 43.8. The molecule has 1 aliphatic carbocycles. The van der Waals surface area contributed by atoms with Crippen molar-refractivity contribution >= 4 is 23.9 Å². The van der Waals surface area contributed by atoms with Gasteiger partial charge in [0, 0.05) is 0 Å². The van der Waals surface area contributed by atoms with Crippen molar-refractivity contribution in [1.29, 1.82) is 0 Å². The lowest BCUT2D eigenvalue weighted by atomic mass is 9.84. The summed E-state index contributed by atoms with van der Waals surface area (Å²) in [5.74, 6) is -7.72. The highest BCUT2D eigenvalue weighted by Crippen LogP contribution is 2.34. The molecule has 0 aromatic rings. The lowest BCUT2D eigenvalue weighted by molar-refractivity contribution is -0.156. The quantitative estimate of drug-likeness (QED) is 0.343. The van der Waals surface area contributed by atoms with Crippen LogP contribution in [0.3, 0.4) is 0 Å². The van der Waals surface area contributed by atoms with Crippen LogP contribution in [0.4, 0.5) is 0 Å². The molecule has 2 atom stereocenters. The van der Waals surface area contributed by atoms with E-state index < -0.39 is 35.7 Å². The van der Waals surface area contributed by atoms with Gasteiger partial charge in [0.2, 0.25) is 0 Å². The van der Waals surface area contributed by atoms with E-state index in [-0.39, 0.29) is 24.7 Å². The van der Waals surface area contributed by atoms with E-state index in [2.05, 4.69) is 0 Å². The Labute approximate surface area is 145 Å². The first-order valence-electron chi connectivity index (χ1n) is 8.63. The number of hydrogen-bond donors (Lipinski definition) is 4. The van der Waals surface area contributed by atoms with Crippen LogP contribution in [-0.4, -0.2) is 44.3 Å². The summed E-state index contributed by atoms with van der Waals surface area (Å²) >= 11 is 0. The highest BCUT2D eigenvalue weighted by molar-refractivity contribution is 5.93.